The first-order valence-corrected chi connectivity index (χ1v) is 11.2. The molecule has 3 N–H and O–H groups in total. The third kappa shape index (κ3) is 4.93. The minimum absolute atomic E-state index is 0.0727. The highest BCUT2D eigenvalue weighted by Gasteiger charge is 2.39. The Labute approximate surface area is 207 Å². The monoisotopic (exact) mass is 514 g/mol. The molecule has 11 nitrogen and oxygen atoms in total. The van der Waals surface area contributed by atoms with E-state index in [0.717, 1.165) is 6.07 Å². The number of amides is 1. The lowest BCUT2D eigenvalue weighted by molar-refractivity contribution is -0.141. The van der Waals surface area contributed by atoms with Crippen LogP contribution in [-0.4, -0.2) is 59.8 Å². The molecule has 1 fully saturated rings. The molecule has 4 aromatic rings. The van der Waals surface area contributed by atoms with Crippen molar-refractivity contribution in [2.24, 2.45) is 0 Å². The number of aliphatic hydroxyl groups is 1. The zero-order valence-electron chi connectivity index (χ0n) is 19.3. The maximum atomic E-state index is 13.1. The normalized spacial score (nSPS) is 19.8. The Morgan fingerprint density at radius 3 is 2.78 bits per heavy atom. The number of aromatic nitrogens is 6. The summed E-state index contributed by atoms with van der Waals surface area (Å²) in [5.41, 5.74) is 0.298. The number of ether oxygens (including phenoxy) is 1. The molecule has 0 aromatic carbocycles. The SMILES string of the molecule is CNC(=O)[C@@H]1C[C@@H](O)[C@H](n2cnc3c(NCc4cccc(C(F)(F)F)n4)nc(-c4cccnc4)nc32)O1. The second-order valence-corrected chi connectivity index (χ2v) is 8.26. The van der Waals surface area contributed by atoms with Crippen molar-refractivity contribution in [3.63, 3.8) is 0 Å². The average molecular weight is 514 g/mol. The van der Waals surface area contributed by atoms with Crippen molar-refractivity contribution in [2.75, 3.05) is 12.4 Å². The van der Waals surface area contributed by atoms with Crippen molar-refractivity contribution >= 4 is 22.9 Å². The molecule has 0 bridgehead atoms. The standard InChI is InChI=1S/C23H21F3N8O3/c1-27-21(36)15-8-14(35)22(37-15)34-11-30-17-19(29-10-13-5-2-6-16(31-13)23(24,25)26)32-18(33-20(17)34)12-4-3-7-28-9-12/h2-7,9,11,14-15,22,35H,8,10H2,1H3,(H,27,36)(H,29,32,33)/t14-,15+,22-/m1/s1. The van der Waals surface area contributed by atoms with Crippen molar-refractivity contribution in [1.82, 2.24) is 34.8 Å². The fourth-order valence-corrected chi connectivity index (χ4v) is 3.99. The van der Waals surface area contributed by atoms with E-state index < -0.39 is 30.3 Å². The summed E-state index contributed by atoms with van der Waals surface area (Å²) in [6, 6.07) is 7.09. The molecule has 5 heterocycles. The maximum absolute atomic E-state index is 13.1. The number of carbonyl (C=O) groups is 1. The van der Waals surface area contributed by atoms with Crippen LogP contribution in [0.5, 0.6) is 0 Å². The second-order valence-electron chi connectivity index (χ2n) is 8.26. The topological polar surface area (TPSA) is 140 Å². The molecular weight excluding hydrogens is 493 g/mol. The molecular formula is C23H21F3N8O3. The molecule has 0 spiro atoms. The van der Waals surface area contributed by atoms with Crippen LogP contribution in [-0.2, 0) is 22.3 Å². The number of carbonyl (C=O) groups excluding carboxylic acids is 1. The fourth-order valence-electron chi connectivity index (χ4n) is 3.99. The first-order chi connectivity index (χ1) is 17.7. The van der Waals surface area contributed by atoms with E-state index in [1.54, 1.807) is 24.5 Å². The number of nitrogens with one attached hydrogen (secondary N) is 2. The number of anilines is 1. The summed E-state index contributed by atoms with van der Waals surface area (Å²) in [7, 11) is 1.47. The van der Waals surface area contributed by atoms with Gasteiger partial charge in [0.05, 0.1) is 18.6 Å². The Balaban J connectivity index is 1.53. The van der Waals surface area contributed by atoms with E-state index in [4.69, 9.17) is 4.74 Å². The van der Waals surface area contributed by atoms with E-state index in [-0.39, 0.29) is 41.9 Å². The molecule has 0 aliphatic carbocycles. The van der Waals surface area contributed by atoms with E-state index in [0.29, 0.717) is 11.1 Å². The molecule has 192 valence electrons. The van der Waals surface area contributed by atoms with Gasteiger partial charge < -0.3 is 20.5 Å². The molecule has 5 rings (SSSR count). The van der Waals surface area contributed by atoms with Crippen LogP contribution < -0.4 is 10.6 Å². The number of halogens is 3. The van der Waals surface area contributed by atoms with Gasteiger partial charge in [-0.05, 0) is 24.3 Å². The Hall–Kier alpha value is -4.17. The summed E-state index contributed by atoms with van der Waals surface area (Å²) in [4.78, 5) is 33.3. The van der Waals surface area contributed by atoms with Crippen molar-refractivity contribution < 1.29 is 27.8 Å². The van der Waals surface area contributed by atoms with Crippen LogP contribution in [0.4, 0.5) is 19.0 Å². The van der Waals surface area contributed by atoms with E-state index in [1.165, 1.54) is 30.1 Å². The molecule has 1 aliphatic heterocycles. The molecule has 37 heavy (non-hydrogen) atoms. The fraction of sp³-hybridized carbons (Fsp3) is 0.304. The lowest BCUT2D eigenvalue weighted by Crippen LogP contribution is -2.31. The highest BCUT2D eigenvalue weighted by Crippen LogP contribution is 2.33. The maximum Gasteiger partial charge on any atom is 0.433 e. The summed E-state index contributed by atoms with van der Waals surface area (Å²) in [6.45, 7) is -0.0727. The van der Waals surface area contributed by atoms with Crippen LogP contribution in [0.3, 0.4) is 0 Å². The number of hydrogen-bond donors (Lipinski definition) is 3. The lowest BCUT2D eigenvalue weighted by Gasteiger charge is -2.17. The second kappa shape index (κ2) is 9.71. The van der Waals surface area contributed by atoms with Gasteiger partial charge in [0.25, 0.3) is 0 Å². The van der Waals surface area contributed by atoms with Gasteiger partial charge in [0.15, 0.2) is 29.0 Å². The number of aliphatic hydroxyl groups excluding tert-OH is 1. The van der Waals surface area contributed by atoms with Crippen LogP contribution in [0.2, 0.25) is 0 Å². The molecule has 14 heteroatoms. The van der Waals surface area contributed by atoms with Gasteiger partial charge in [-0.2, -0.15) is 13.2 Å². The third-order valence-electron chi connectivity index (χ3n) is 5.78. The Morgan fingerprint density at radius 2 is 2.05 bits per heavy atom. The van der Waals surface area contributed by atoms with Gasteiger partial charge in [-0.1, -0.05) is 6.07 Å². The number of rotatable bonds is 6. The Morgan fingerprint density at radius 1 is 1.22 bits per heavy atom. The number of fused-ring (bicyclic) bond motifs is 1. The van der Waals surface area contributed by atoms with Crippen LogP contribution in [0.15, 0.2) is 49.1 Å². The van der Waals surface area contributed by atoms with E-state index in [9.17, 15) is 23.1 Å². The molecule has 3 atom stereocenters. The quantitative estimate of drug-likeness (QED) is 0.354. The number of imidazole rings is 1. The van der Waals surface area contributed by atoms with Crippen LogP contribution in [0, 0.1) is 0 Å². The zero-order chi connectivity index (χ0) is 26.2. The van der Waals surface area contributed by atoms with Crippen LogP contribution in [0.25, 0.3) is 22.6 Å². The number of pyridine rings is 2. The smallest absolute Gasteiger partial charge is 0.388 e. The molecule has 0 saturated carbocycles. The van der Waals surface area contributed by atoms with Gasteiger partial charge in [-0.3, -0.25) is 14.3 Å². The predicted molar refractivity (Wildman–Crippen MR) is 124 cm³/mol. The van der Waals surface area contributed by atoms with Crippen molar-refractivity contribution in [1.29, 1.82) is 0 Å². The highest BCUT2D eigenvalue weighted by molar-refractivity contribution is 5.85. The number of alkyl halides is 3. The molecule has 1 amide bonds. The third-order valence-corrected chi connectivity index (χ3v) is 5.78. The van der Waals surface area contributed by atoms with Gasteiger partial charge in [-0.15, -0.1) is 0 Å². The van der Waals surface area contributed by atoms with Crippen molar-refractivity contribution in [3.05, 3.63) is 60.4 Å². The lowest BCUT2D eigenvalue weighted by atomic mass is 10.2. The summed E-state index contributed by atoms with van der Waals surface area (Å²) >= 11 is 0. The Bertz CT molecular complexity index is 1430. The van der Waals surface area contributed by atoms with Gasteiger partial charge in [0.1, 0.15) is 17.9 Å². The van der Waals surface area contributed by atoms with Crippen molar-refractivity contribution in [3.8, 4) is 11.4 Å². The minimum atomic E-state index is -4.57. The van der Waals surface area contributed by atoms with Crippen LogP contribution >= 0.6 is 0 Å². The van der Waals surface area contributed by atoms with E-state index >= 15 is 0 Å². The number of nitrogens with zero attached hydrogens (tertiary/aromatic N) is 6. The van der Waals surface area contributed by atoms with Crippen LogP contribution in [0.1, 0.15) is 24.0 Å². The molecule has 1 saturated heterocycles. The molecule has 0 radical (unpaired) electrons. The average Bonchev–Trinajstić information content (AvgIpc) is 3.50. The zero-order valence-corrected chi connectivity index (χ0v) is 19.3. The predicted octanol–water partition coefficient (Wildman–Crippen LogP) is 2.31. The summed E-state index contributed by atoms with van der Waals surface area (Å²) in [6.07, 6.45) is -2.75. The molecule has 4 aromatic heterocycles. The van der Waals surface area contributed by atoms with E-state index in [1.807, 2.05) is 0 Å². The number of likely N-dealkylation sites (N-methyl/N-ethyl adjacent to an activating group) is 1. The first-order valence-electron chi connectivity index (χ1n) is 11.2. The summed E-state index contributed by atoms with van der Waals surface area (Å²) in [5, 5.41) is 16.1. The van der Waals surface area contributed by atoms with E-state index in [2.05, 4.69) is 35.6 Å². The summed E-state index contributed by atoms with van der Waals surface area (Å²) < 4.78 is 46.5. The minimum Gasteiger partial charge on any atom is -0.388 e. The molecule has 0 unspecified atom stereocenters. The summed E-state index contributed by atoms with van der Waals surface area (Å²) in [5.74, 6) is 0.127. The van der Waals surface area contributed by atoms with Gasteiger partial charge >= 0.3 is 6.18 Å². The van der Waals surface area contributed by atoms with Gasteiger partial charge in [-0.25, -0.2) is 19.9 Å². The highest BCUT2D eigenvalue weighted by atomic mass is 19.4. The number of hydrogen-bond acceptors (Lipinski definition) is 9. The Kier molecular flexibility index (Phi) is 6.43. The van der Waals surface area contributed by atoms with Gasteiger partial charge in [0.2, 0.25) is 5.91 Å². The van der Waals surface area contributed by atoms with Gasteiger partial charge in [0, 0.05) is 31.4 Å². The molecule has 1 aliphatic rings. The largest absolute Gasteiger partial charge is 0.433 e. The van der Waals surface area contributed by atoms with Crippen molar-refractivity contribution in [2.45, 2.75) is 37.6 Å². The first kappa shape index (κ1) is 24.5.